The van der Waals surface area contributed by atoms with Crippen molar-refractivity contribution in [1.29, 1.82) is 0 Å². The zero-order chi connectivity index (χ0) is 14.6. The summed E-state index contributed by atoms with van der Waals surface area (Å²) in [5.74, 6) is -0.648. The second-order valence-corrected chi connectivity index (χ2v) is 4.60. The topological polar surface area (TPSA) is 64.4 Å². The van der Waals surface area contributed by atoms with Gasteiger partial charge in [0.05, 0.1) is 11.1 Å². The molecule has 0 radical (unpaired) electrons. The highest BCUT2D eigenvalue weighted by atomic mass is 35.5. The first-order valence-corrected chi connectivity index (χ1v) is 6.03. The van der Waals surface area contributed by atoms with Crippen molar-refractivity contribution in [3.8, 4) is 5.75 Å². The van der Waals surface area contributed by atoms with E-state index < -0.39 is 18.6 Å². The number of halogens is 5. The lowest BCUT2D eigenvalue weighted by molar-refractivity contribution is -0.122. The largest absolute Gasteiger partial charge is 0.433 e. The third-order valence-electron chi connectivity index (χ3n) is 2.16. The van der Waals surface area contributed by atoms with Crippen LogP contribution in [-0.2, 0) is 11.3 Å². The van der Waals surface area contributed by atoms with E-state index in [4.69, 9.17) is 28.9 Å². The van der Waals surface area contributed by atoms with Crippen molar-refractivity contribution in [3.05, 3.63) is 27.7 Å². The smallest absolute Gasteiger partial charge is 0.387 e. The molecule has 0 saturated heterocycles. The number of amides is 1. The Hall–Kier alpha value is -0.820. The van der Waals surface area contributed by atoms with E-state index in [9.17, 15) is 13.6 Å². The van der Waals surface area contributed by atoms with Gasteiger partial charge in [-0.2, -0.15) is 8.78 Å². The number of nitrogens with one attached hydrogen (secondary N) is 1. The van der Waals surface area contributed by atoms with Gasteiger partial charge in [0.1, 0.15) is 5.75 Å². The molecule has 0 aliphatic carbocycles. The zero-order valence-electron chi connectivity index (χ0n) is 10.3. The van der Waals surface area contributed by atoms with Gasteiger partial charge in [-0.05, 0) is 19.1 Å². The monoisotopic (exact) mass is 348 g/mol. The fraction of sp³-hybridized carbons (Fsp3) is 0.364. The molecule has 1 aromatic rings. The molecule has 1 amide bonds. The summed E-state index contributed by atoms with van der Waals surface area (Å²) in [6, 6.07) is 1.94. The highest BCUT2D eigenvalue weighted by molar-refractivity contribution is 6.35. The van der Waals surface area contributed by atoms with Gasteiger partial charge in [-0.25, -0.2) is 0 Å². The van der Waals surface area contributed by atoms with Gasteiger partial charge >= 0.3 is 6.61 Å². The summed E-state index contributed by atoms with van der Waals surface area (Å²) in [5, 5.41) is 2.65. The average Bonchev–Trinajstić information content (AvgIpc) is 2.29. The van der Waals surface area contributed by atoms with Crippen LogP contribution in [0.4, 0.5) is 8.78 Å². The Morgan fingerprint density at radius 3 is 2.55 bits per heavy atom. The molecule has 0 aliphatic heterocycles. The molecular formula is C11H13Cl3F2N2O2. The lowest BCUT2D eigenvalue weighted by Crippen LogP contribution is -2.37. The first-order valence-electron chi connectivity index (χ1n) is 5.27. The number of hydrogen-bond donors (Lipinski definition) is 2. The number of carbonyl (C=O) groups is 1. The van der Waals surface area contributed by atoms with Crippen LogP contribution in [0.2, 0.25) is 10.0 Å². The molecule has 0 aromatic heterocycles. The summed E-state index contributed by atoms with van der Waals surface area (Å²) >= 11 is 11.5. The number of carbonyl (C=O) groups excluding carboxylic acids is 1. The van der Waals surface area contributed by atoms with Crippen LogP contribution >= 0.6 is 35.6 Å². The van der Waals surface area contributed by atoms with E-state index in [2.05, 4.69) is 10.1 Å². The molecule has 20 heavy (non-hydrogen) atoms. The van der Waals surface area contributed by atoms with Crippen molar-refractivity contribution < 1.29 is 18.3 Å². The summed E-state index contributed by atoms with van der Waals surface area (Å²) in [7, 11) is 0. The van der Waals surface area contributed by atoms with E-state index in [1.807, 2.05) is 0 Å². The predicted octanol–water partition coefficient (Wildman–Crippen LogP) is 2.98. The molecule has 4 nitrogen and oxygen atoms in total. The number of ether oxygens (including phenoxy) is 1. The van der Waals surface area contributed by atoms with Crippen LogP contribution < -0.4 is 15.8 Å². The van der Waals surface area contributed by atoms with Gasteiger partial charge in [0.25, 0.3) is 0 Å². The van der Waals surface area contributed by atoms with E-state index in [0.29, 0.717) is 0 Å². The second-order valence-electron chi connectivity index (χ2n) is 3.76. The summed E-state index contributed by atoms with van der Waals surface area (Å²) in [5.41, 5.74) is 5.61. The molecule has 0 spiro atoms. The maximum Gasteiger partial charge on any atom is 0.387 e. The highest BCUT2D eigenvalue weighted by Gasteiger charge is 2.16. The predicted molar refractivity (Wildman–Crippen MR) is 75.8 cm³/mol. The molecule has 114 valence electrons. The Bertz CT molecular complexity index is 473. The zero-order valence-corrected chi connectivity index (χ0v) is 12.7. The van der Waals surface area contributed by atoms with Gasteiger partial charge in [0.15, 0.2) is 0 Å². The molecule has 1 atom stereocenters. The van der Waals surface area contributed by atoms with Gasteiger partial charge in [-0.1, -0.05) is 23.2 Å². The fourth-order valence-electron chi connectivity index (χ4n) is 1.31. The number of nitrogens with two attached hydrogens (primary N) is 1. The molecular weight excluding hydrogens is 336 g/mol. The first-order chi connectivity index (χ1) is 8.81. The first kappa shape index (κ1) is 19.2. The van der Waals surface area contributed by atoms with E-state index in [1.54, 1.807) is 0 Å². The lowest BCUT2D eigenvalue weighted by atomic mass is 10.2. The van der Waals surface area contributed by atoms with Crippen LogP contribution in [0.3, 0.4) is 0 Å². The quantitative estimate of drug-likeness (QED) is 0.859. The molecule has 0 unspecified atom stereocenters. The maximum atomic E-state index is 12.3. The van der Waals surface area contributed by atoms with Crippen LogP contribution in [0.5, 0.6) is 5.75 Å². The van der Waals surface area contributed by atoms with Gasteiger partial charge < -0.3 is 15.8 Å². The number of benzene rings is 1. The van der Waals surface area contributed by atoms with Gasteiger partial charge in [0, 0.05) is 17.1 Å². The van der Waals surface area contributed by atoms with Crippen LogP contribution in [0.25, 0.3) is 0 Å². The molecule has 0 saturated carbocycles. The van der Waals surface area contributed by atoms with Crippen molar-refractivity contribution >= 4 is 41.5 Å². The SMILES string of the molecule is C[C@H](N)C(=O)NCc1cc(Cl)cc(Cl)c1OC(F)F.Cl. The average molecular weight is 350 g/mol. The van der Waals surface area contributed by atoms with E-state index in [1.165, 1.54) is 19.1 Å². The minimum Gasteiger partial charge on any atom is -0.433 e. The van der Waals surface area contributed by atoms with Crippen LogP contribution in [0.15, 0.2) is 12.1 Å². The summed E-state index contributed by atoms with van der Waals surface area (Å²) in [4.78, 5) is 11.3. The molecule has 0 aliphatic rings. The van der Waals surface area contributed by atoms with Crippen molar-refractivity contribution in [2.75, 3.05) is 0 Å². The Morgan fingerprint density at radius 2 is 2.05 bits per heavy atom. The van der Waals surface area contributed by atoms with Gasteiger partial charge in [-0.3, -0.25) is 4.79 Å². The van der Waals surface area contributed by atoms with E-state index in [-0.39, 0.29) is 40.3 Å². The normalized spacial score (nSPS) is 11.8. The van der Waals surface area contributed by atoms with E-state index in [0.717, 1.165) is 0 Å². The minimum absolute atomic E-state index is 0. The van der Waals surface area contributed by atoms with E-state index >= 15 is 0 Å². The minimum atomic E-state index is -3.03. The van der Waals surface area contributed by atoms with Crippen LogP contribution in [-0.4, -0.2) is 18.6 Å². The third-order valence-corrected chi connectivity index (χ3v) is 2.66. The van der Waals surface area contributed by atoms with Crippen LogP contribution in [0, 0.1) is 0 Å². The molecule has 9 heteroatoms. The van der Waals surface area contributed by atoms with Crippen molar-refractivity contribution in [2.45, 2.75) is 26.1 Å². The molecule has 1 aromatic carbocycles. The molecule has 3 N–H and O–H groups in total. The number of rotatable bonds is 5. The second kappa shape index (κ2) is 8.46. The molecule has 0 heterocycles. The van der Waals surface area contributed by atoms with Gasteiger partial charge in [0.2, 0.25) is 5.91 Å². The summed E-state index contributed by atoms with van der Waals surface area (Å²) < 4.78 is 28.9. The Labute approximate surface area is 131 Å². The Balaban J connectivity index is 0.00000361. The Morgan fingerprint density at radius 1 is 1.45 bits per heavy atom. The number of hydrogen-bond acceptors (Lipinski definition) is 3. The van der Waals surface area contributed by atoms with Crippen molar-refractivity contribution in [2.24, 2.45) is 5.73 Å². The van der Waals surface area contributed by atoms with Crippen molar-refractivity contribution in [3.63, 3.8) is 0 Å². The Kier molecular flexibility index (Phi) is 8.12. The summed E-state index contributed by atoms with van der Waals surface area (Å²) in [6.45, 7) is -1.60. The molecule has 0 fully saturated rings. The fourth-order valence-corrected chi connectivity index (χ4v) is 1.89. The number of alkyl halides is 2. The van der Waals surface area contributed by atoms with Crippen LogP contribution in [0.1, 0.15) is 12.5 Å². The summed E-state index contributed by atoms with van der Waals surface area (Å²) in [6.07, 6.45) is 0. The standard InChI is InChI=1S/C11H12Cl2F2N2O2.ClH/c1-5(16)10(18)17-4-6-2-7(12)3-8(13)9(6)19-11(14)15;/h2-3,5,11H,4,16H2,1H3,(H,17,18);1H/t5-;/m0./s1. The maximum absolute atomic E-state index is 12.3. The van der Waals surface area contributed by atoms with Crippen molar-refractivity contribution in [1.82, 2.24) is 5.32 Å². The molecule has 1 rings (SSSR count). The third kappa shape index (κ3) is 5.66. The molecule has 0 bridgehead atoms. The van der Waals surface area contributed by atoms with Gasteiger partial charge in [-0.15, -0.1) is 12.4 Å². The highest BCUT2D eigenvalue weighted by Crippen LogP contribution is 2.33. The lowest BCUT2D eigenvalue weighted by Gasteiger charge is -2.14.